The molecule has 2 N–H and O–H groups in total. The molecule has 4 nitrogen and oxygen atoms in total. The van der Waals surface area contributed by atoms with Gasteiger partial charge in [0.1, 0.15) is 0 Å². The Morgan fingerprint density at radius 2 is 2.33 bits per heavy atom. The van der Waals surface area contributed by atoms with Gasteiger partial charge >= 0.3 is 0 Å². The average Bonchev–Trinajstić information content (AvgIpc) is 2.95. The van der Waals surface area contributed by atoms with E-state index in [-0.39, 0.29) is 5.91 Å². The minimum atomic E-state index is -0.447. The number of carbonyl (C=O) groups is 1. The van der Waals surface area contributed by atoms with Gasteiger partial charge in [0.05, 0.1) is 15.8 Å². The molecule has 0 radical (unpaired) electrons. The Kier molecular flexibility index (Phi) is 2.80. The Hall–Kier alpha value is -1.46. The first kappa shape index (κ1) is 11.6. The van der Waals surface area contributed by atoms with Crippen molar-refractivity contribution < 1.29 is 4.79 Å². The summed E-state index contributed by atoms with van der Waals surface area (Å²) in [5.41, 5.74) is 0.486. The highest BCUT2D eigenvalue weighted by molar-refractivity contribution is 7.22. The summed E-state index contributed by atoms with van der Waals surface area (Å²) < 4.78 is 1.09. The lowest BCUT2D eigenvalue weighted by atomic mass is 10.00. The lowest BCUT2D eigenvalue weighted by Gasteiger charge is -2.21. The van der Waals surface area contributed by atoms with E-state index in [2.05, 4.69) is 15.6 Å². The molecule has 1 fully saturated rings. The van der Waals surface area contributed by atoms with E-state index in [9.17, 15) is 4.79 Å². The van der Waals surface area contributed by atoms with Gasteiger partial charge in [-0.1, -0.05) is 23.5 Å². The van der Waals surface area contributed by atoms with Crippen LogP contribution in [-0.2, 0) is 4.79 Å². The monoisotopic (exact) mass is 261 g/mol. The molecule has 0 saturated carbocycles. The molecule has 2 heterocycles. The van der Waals surface area contributed by atoms with Gasteiger partial charge in [0, 0.05) is 0 Å². The summed E-state index contributed by atoms with van der Waals surface area (Å²) in [6, 6.07) is 7.90. The summed E-state index contributed by atoms with van der Waals surface area (Å²) >= 11 is 1.51. The standard InChI is InChI=1S/C13H15N3OS/c1-13(7-4-8-14-13)11(17)16-12-15-9-5-2-3-6-10(9)18-12/h2-3,5-6,14H,4,7-8H2,1H3,(H,15,16,17). The third kappa shape index (κ3) is 2.00. The number of carbonyl (C=O) groups excluding carboxylic acids is 1. The largest absolute Gasteiger partial charge is 0.304 e. The van der Waals surface area contributed by atoms with Gasteiger partial charge in [0.25, 0.3) is 0 Å². The number of anilines is 1. The van der Waals surface area contributed by atoms with E-state index < -0.39 is 5.54 Å². The van der Waals surface area contributed by atoms with Crippen molar-refractivity contribution in [2.75, 3.05) is 11.9 Å². The lowest BCUT2D eigenvalue weighted by molar-refractivity contribution is -0.121. The number of rotatable bonds is 2. The van der Waals surface area contributed by atoms with E-state index in [1.54, 1.807) is 0 Å². The number of hydrogen-bond acceptors (Lipinski definition) is 4. The highest BCUT2D eigenvalue weighted by Crippen LogP contribution is 2.27. The second kappa shape index (κ2) is 4.33. The van der Waals surface area contributed by atoms with Crippen LogP contribution in [0, 0.1) is 0 Å². The molecule has 94 valence electrons. The molecular weight excluding hydrogens is 246 g/mol. The smallest absolute Gasteiger partial charge is 0.246 e. The molecule has 0 bridgehead atoms. The molecular formula is C13H15N3OS. The molecule has 1 aliphatic heterocycles. The number of para-hydroxylation sites is 1. The van der Waals surface area contributed by atoms with Gasteiger partial charge < -0.3 is 10.6 Å². The zero-order valence-corrected chi connectivity index (χ0v) is 11.0. The Morgan fingerprint density at radius 3 is 3.06 bits per heavy atom. The van der Waals surface area contributed by atoms with Crippen LogP contribution in [0.3, 0.4) is 0 Å². The number of benzene rings is 1. The second-order valence-corrected chi connectivity index (χ2v) is 5.83. The summed E-state index contributed by atoms with van der Waals surface area (Å²) in [4.78, 5) is 16.6. The first-order valence-corrected chi connectivity index (χ1v) is 6.91. The number of hydrogen-bond donors (Lipinski definition) is 2. The maximum Gasteiger partial charge on any atom is 0.246 e. The fourth-order valence-corrected chi connectivity index (χ4v) is 3.11. The number of amides is 1. The number of nitrogens with zero attached hydrogens (tertiary/aromatic N) is 1. The van der Waals surface area contributed by atoms with E-state index in [1.807, 2.05) is 31.2 Å². The summed E-state index contributed by atoms with van der Waals surface area (Å²) in [6.07, 6.45) is 1.92. The second-order valence-electron chi connectivity index (χ2n) is 4.80. The SMILES string of the molecule is CC1(C(=O)Nc2nc3ccccc3s2)CCCN1. The van der Waals surface area contributed by atoms with Crippen molar-refractivity contribution in [2.24, 2.45) is 0 Å². The van der Waals surface area contributed by atoms with E-state index in [4.69, 9.17) is 0 Å². The molecule has 0 aliphatic carbocycles. The van der Waals surface area contributed by atoms with Crippen LogP contribution < -0.4 is 10.6 Å². The maximum atomic E-state index is 12.2. The molecule has 18 heavy (non-hydrogen) atoms. The van der Waals surface area contributed by atoms with Crippen LogP contribution in [0.4, 0.5) is 5.13 Å². The molecule has 5 heteroatoms. The van der Waals surface area contributed by atoms with E-state index >= 15 is 0 Å². The molecule has 1 amide bonds. The number of nitrogens with one attached hydrogen (secondary N) is 2. The van der Waals surface area contributed by atoms with Crippen LogP contribution in [0.1, 0.15) is 19.8 Å². The zero-order valence-electron chi connectivity index (χ0n) is 10.2. The summed E-state index contributed by atoms with van der Waals surface area (Å²) in [5.74, 6) is 0.0130. The normalized spacial score (nSPS) is 23.4. The third-order valence-electron chi connectivity index (χ3n) is 3.38. The topological polar surface area (TPSA) is 54.0 Å². The average molecular weight is 261 g/mol. The molecule has 3 rings (SSSR count). The molecule has 1 atom stereocenters. The Balaban J connectivity index is 1.81. The van der Waals surface area contributed by atoms with E-state index in [0.29, 0.717) is 5.13 Å². The molecule has 2 aromatic rings. The van der Waals surface area contributed by atoms with Crippen molar-refractivity contribution in [3.8, 4) is 0 Å². The van der Waals surface area contributed by atoms with Gasteiger partial charge in [-0.3, -0.25) is 4.79 Å². The maximum absolute atomic E-state index is 12.2. The van der Waals surface area contributed by atoms with E-state index in [1.165, 1.54) is 11.3 Å². The highest BCUT2D eigenvalue weighted by atomic mass is 32.1. The van der Waals surface area contributed by atoms with Gasteiger partial charge in [-0.05, 0) is 38.4 Å². The van der Waals surface area contributed by atoms with Crippen molar-refractivity contribution in [3.05, 3.63) is 24.3 Å². The summed E-state index contributed by atoms with van der Waals surface area (Å²) in [7, 11) is 0. The van der Waals surface area contributed by atoms with Crippen molar-refractivity contribution in [2.45, 2.75) is 25.3 Å². The van der Waals surface area contributed by atoms with Gasteiger partial charge in [0.15, 0.2) is 5.13 Å². The van der Waals surface area contributed by atoms with Crippen molar-refractivity contribution in [1.82, 2.24) is 10.3 Å². The van der Waals surface area contributed by atoms with Crippen molar-refractivity contribution in [3.63, 3.8) is 0 Å². The van der Waals surface area contributed by atoms with Gasteiger partial charge in [-0.15, -0.1) is 0 Å². The molecule has 1 saturated heterocycles. The Labute approximate surface area is 109 Å². The fourth-order valence-electron chi connectivity index (χ4n) is 2.25. The predicted octanol–water partition coefficient (Wildman–Crippen LogP) is 2.38. The minimum Gasteiger partial charge on any atom is -0.304 e. The molecule has 1 aromatic heterocycles. The summed E-state index contributed by atoms with van der Waals surface area (Å²) in [5, 5.41) is 6.85. The molecule has 1 unspecified atom stereocenters. The van der Waals surface area contributed by atoms with Crippen LogP contribution >= 0.6 is 11.3 Å². The van der Waals surface area contributed by atoms with Gasteiger partial charge in [-0.25, -0.2) is 4.98 Å². The van der Waals surface area contributed by atoms with Crippen LogP contribution in [0.2, 0.25) is 0 Å². The molecule has 1 aliphatic rings. The fraction of sp³-hybridized carbons (Fsp3) is 0.385. The van der Waals surface area contributed by atoms with Crippen LogP contribution in [0.25, 0.3) is 10.2 Å². The number of aromatic nitrogens is 1. The zero-order chi connectivity index (χ0) is 12.6. The highest BCUT2D eigenvalue weighted by Gasteiger charge is 2.36. The first-order valence-electron chi connectivity index (χ1n) is 6.09. The van der Waals surface area contributed by atoms with E-state index in [0.717, 1.165) is 29.6 Å². The first-order chi connectivity index (χ1) is 8.67. The number of fused-ring (bicyclic) bond motifs is 1. The third-order valence-corrected chi connectivity index (χ3v) is 4.34. The van der Waals surface area contributed by atoms with Crippen LogP contribution in [0.15, 0.2) is 24.3 Å². The van der Waals surface area contributed by atoms with Gasteiger partial charge in [0.2, 0.25) is 5.91 Å². The van der Waals surface area contributed by atoms with Crippen molar-refractivity contribution in [1.29, 1.82) is 0 Å². The quantitative estimate of drug-likeness (QED) is 0.872. The summed E-state index contributed by atoms with van der Waals surface area (Å²) in [6.45, 7) is 2.85. The Morgan fingerprint density at radius 1 is 1.50 bits per heavy atom. The van der Waals surface area contributed by atoms with Crippen LogP contribution in [0.5, 0.6) is 0 Å². The predicted molar refractivity (Wildman–Crippen MR) is 73.9 cm³/mol. The lowest BCUT2D eigenvalue weighted by Crippen LogP contribution is -2.47. The minimum absolute atomic E-state index is 0.0130. The van der Waals surface area contributed by atoms with Gasteiger partial charge in [-0.2, -0.15) is 0 Å². The Bertz CT molecular complexity index is 554. The molecule has 0 spiro atoms. The number of thiazole rings is 1. The van der Waals surface area contributed by atoms with Crippen molar-refractivity contribution >= 4 is 32.6 Å². The molecule has 1 aromatic carbocycles. The van der Waals surface area contributed by atoms with Crippen LogP contribution in [-0.4, -0.2) is 23.0 Å².